The fourth-order valence-corrected chi connectivity index (χ4v) is 2.83. The zero-order valence-electron chi connectivity index (χ0n) is 10.3. The molecule has 3 rings (SSSR count). The zero-order chi connectivity index (χ0) is 13.6. The molecule has 0 aliphatic heterocycles. The van der Waals surface area contributed by atoms with Crippen molar-refractivity contribution in [1.29, 1.82) is 0 Å². The second kappa shape index (κ2) is 4.44. The van der Waals surface area contributed by atoms with Crippen molar-refractivity contribution in [2.24, 2.45) is 22.1 Å². The van der Waals surface area contributed by atoms with Crippen LogP contribution in [0.3, 0.4) is 0 Å². The number of fused-ring (bicyclic) bond motifs is 1. The van der Waals surface area contributed by atoms with Crippen LogP contribution in [0.4, 0.5) is 5.82 Å². The molecule has 7 nitrogen and oxygen atoms in total. The fourth-order valence-electron chi connectivity index (χ4n) is 2.32. The number of nitrogens with two attached hydrogens (primary N) is 1. The lowest BCUT2D eigenvalue weighted by Gasteiger charge is -2.14. The number of nitrogens with one attached hydrogen (secondary N) is 1. The van der Waals surface area contributed by atoms with E-state index in [1.54, 1.807) is 10.8 Å². The van der Waals surface area contributed by atoms with E-state index in [0.29, 0.717) is 16.8 Å². The van der Waals surface area contributed by atoms with E-state index in [0.717, 1.165) is 4.47 Å². The normalized spacial score (nSPS) is 17.4. The minimum atomic E-state index is -0.117. The maximum absolute atomic E-state index is 12.6. The predicted molar refractivity (Wildman–Crippen MR) is 74.2 cm³/mol. The van der Waals surface area contributed by atoms with Crippen molar-refractivity contribution >= 4 is 32.7 Å². The molecule has 1 aliphatic carbocycles. The number of halogens is 1. The van der Waals surface area contributed by atoms with E-state index in [1.807, 2.05) is 0 Å². The topological polar surface area (TPSA) is 101 Å². The van der Waals surface area contributed by atoms with Crippen molar-refractivity contribution in [3.63, 3.8) is 0 Å². The highest BCUT2D eigenvalue weighted by atomic mass is 79.9. The van der Waals surface area contributed by atoms with Crippen LogP contribution in [0.5, 0.6) is 0 Å². The second-order valence-electron chi connectivity index (χ2n) is 4.78. The highest BCUT2D eigenvalue weighted by Gasteiger charge is 2.30. The van der Waals surface area contributed by atoms with Gasteiger partial charge in [-0.15, -0.1) is 5.11 Å². The molecule has 0 aromatic carbocycles. The standard InChI is InChI=1S/C11H13BrN6O/c1-5(6-2-3-6)18-4-7(12)9-8(11(18)19)10(15-14-9)16-17-13/h4-6H,2-3H2,1H3,(H3,13,14,15,16)/t5-/m1/s1. The van der Waals surface area contributed by atoms with E-state index < -0.39 is 0 Å². The predicted octanol–water partition coefficient (Wildman–Crippen LogP) is 2.42. The molecular weight excluding hydrogens is 312 g/mol. The molecule has 1 atom stereocenters. The number of rotatable bonds is 3. The second-order valence-corrected chi connectivity index (χ2v) is 5.63. The number of hydrogen-bond acceptors (Lipinski definition) is 4. The number of hydrogen-bond donors (Lipinski definition) is 2. The quantitative estimate of drug-likeness (QED) is 0.515. The summed E-state index contributed by atoms with van der Waals surface area (Å²) < 4.78 is 2.51. The summed E-state index contributed by atoms with van der Waals surface area (Å²) in [6.07, 6.45) is 4.14. The number of pyridine rings is 1. The number of aromatic amines is 1. The Bertz CT molecular complexity index is 714. The summed E-state index contributed by atoms with van der Waals surface area (Å²) in [6, 6.07) is 0.172. The van der Waals surface area contributed by atoms with Gasteiger partial charge >= 0.3 is 0 Å². The first-order valence-corrected chi connectivity index (χ1v) is 6.82. The summed E-state index contributed by atoms with van der Waals surface area (Å²) in [5, 5.41) is 14.0. The van der Waals surface area contributed by atoms with Crippen LogP contribution in [-0.2, 0) is 0 Å². The summed E-state index contributed by atoms with van der Waals surface area (Å²) in [7, 11) is 0. The van der Waals surface area contributed by atoms with Crippen molar-refractivity contribution in [2.45, 2.75) is 25.8 Å². The van der Waals surface area contributed by atoms with Gasteiger partial charge in [-0.05, 0) is 41.6 Å². The Balaban J connectivity index is 2.27. The molecule has 0 bridgehead atoms. The van der Waals surface area contributed by atoms with Crippen LogP contribution in [0.1, 0.15) is 25.8 Å². The molecule has 0 unspecified atom stereocenters. The third kappa shape index (κ3) is 1.95. The first-order valence-electron chi connectivity index (χ1n) is 6.03. The highest BCUT2D eigenvalue weighted by Crippen LogP contribution is 2.39. The molecule has 3 N–H and O–H groups in total. The van der Waals surface area contributed by atoms with Gasteiger partial charge in [0.15, 0.2) is 0 Å². The van der Waals surface area contributed by atoms with Crippen molar-refractivity contribution in [3.05, 3.63) is 21.0 Å². The maximum atomic E-state index is 12.6. The highest BCUT2D eigenvalue weighted by molar-refractivity contribution is 9.10. The number of H-pyrrole nitrogens is 1. The van der Waals surface area contributed by atoms with Crippen molar-refractivity contribution in [3.8, 4) is 0 Å². The van der Waals surface area contributed by atoms with Crippen LogP contribution in [0, 0.1) is 5.92 Å². The molecule has 19 heavy (non-hydrogen) atoms. The first-order chi connectivity index (χ1) is 9.13. The number of nitrogens with zero attached hydrogens (tertiary/aromatic N) is 4. The molecule has 0 radical (unpaired) electrons. The molecule has 1 aliphatic rings. The van der Waals surface area contributed by atoms with E-state index in [-0.39, 0.29) is 17.4 Å². The van der Waals surface area contributed by atoms with Gasteiger partial charge in [-0.3, -0.25) is 9.89 Å². The van der Waals surface area contributed by atoms with Crippen molar-refractivity contribution in [2.75, 3.05) is 0 Å². The number of aromatic nitrogens is 3. The van der Waals surface area contributed by atoms with Gasteiger partial charge in [0.25, 0.3) is 5.56 Å². The fraction of sp³-hybridized carbons (Fsp3) is 0.455. The molecule has 2 heterocycles. The Hall–Kier alpha value is -1.70. The third-order valence-electron chi connectivity index (χ3n) is 3.58. The third-order valence-corrected chi connectivity index (χ3v) is 4.18. The molecule has 1 saturated carbocycles. The minimum Gasteiger partial charge on any atom is -0.311 e. The molecule has 2 aromatic heterocycles. The summed E-state index contributed by atoms with van der Waals surface area (Å²) >= 11 is 3.45. The lowest BCUT2D eigenvalue weighted by Crippen LogP contribution is -2.24. The summed E-state index contributed by atoms with van der Waals surface area (Å²) in [5.74, 6) is 5.84. The molecular formula is C11H13BrN6O. The first kappa shape index (κ1) is 12.3. The maximum Gasteiger partial charge on any atom is 0.264 e. The summed E-state index contributed by atoms with van der Waals surface area (Å²) in [4.78, 5) is 12.6. The van der Waals surface area contributed by atoms with Gasteiger partial charge in [0, 0.05) is 12.2 Å². The van der Waals surface area contributed by atoms with Crippen LogP contribution in [0.15, 0.2) is 25.8 Å². The van der Waals surface area contributed by atoms with Crippen LogP contribution in [0.2, 0.25) is 0 Å². The Morgan fingerprint density at radius 3 is 3.00 bits per heavy atom. The largest absolute Gasteiger partial charge is 0.311 e. The lowest BCUT2D eigenvalue weighted by molar-refractivity contribution is 0.473. The monoisotopic (exact) mass is 324 g/mol. The molecule has 100 valence electrons. The van der Waals surface area contributed by atoms with E-state index in [2.05, 4.69) is 43.4 Å². The Morgan fingerprint density at radius 1 is 1.63 bits per heavy atom. The Morgan fingerprint density at radius 2 is 2.37 bits per heavy atom. The van der Waals surface area contributed by atoms with E-state index >= 15 is 0 Å². The lowest BCUT2D eigenvalue weighted by atomic mass is 10.2. The van der Waals surface area contributed by atoms with Crippen molar-refractivity contribution < 1.29 is 0 Å². The van der Waals surface area contributed by atoms with E-state index in [1.165, 1.54) is 12.8 Å². The van der Waals surface area contributed by atoms with Gasteiger partial charge in [0.2, 0.25) is 5.82 Å². The van der Waals surface area contributed by atoms with E-state index in [4.69, 9.17) is 5.84 Å². The van der Waals surface area contributed by atoms with Crippen LogP contribution in [-0.4, -0.2) is 14.8 Å². The molecule has 0 saturated heterocycles. The SMILES string of the molecule is C[C@H](C1CC1)n1cc(Br)c2[nH]nc(N=NN)c2c1=O. The average molecular weight is 325 g/mol. The molecule has 8 heteroatoms. The average Bonchev–Trinajstić information content (AvgIpc) is 3.15. The Labute approximate surface area is 117 Å². The van der Waals surface area contributed by atoms with Crippen LogP contribution < -0.4 is 11.4 Å². The van der Waals surface area contributed by atoms with Gasteiger partial charge in [0.05, 0.1) is 9.99 Å². The van der Waals surface area contributed by atoms with Crippen molar-refractivity contribution in [1.82, 2.24) is 14.8 Å². The minimum absolute atomic E-state index is 0.117. The van der Waals surface area contributed by atoms with E-state index in [9.17, 15) is 4.79 Å². The summed E-state index contributed by atoms with van der Waals surface area (Å²) in [5.41, 5.74) is 0.500. The zero-order valence-corrected chi connectivity index (χ0v) is 11.9. The summed E-state index contributed by atoms with van der Waals surface area (Å²) in [6.45, 7) is 2.06. The smallest absolute Gasteiger partial charge is 0.264 e. The van der Waals surface area contributed by atoms with Gasteiger partial charge in [-0.25, -0.2) is 0 Å². The van der Waals surface area contributed by atoms with Crippen LogP contribution >= 0.6 is 15.9 Å². The molecule has 1 fully saturated rings. The van der Waals surface area contributed by atoms with Gasteiger partial charge < -0.3 is 10.4 Å². The van der Waals surface area contributed by atoms with Gasteiger partial charge in [-0.2, -0.15) is 5.10 Å². The van der Waals surface area contributed by atoms with Gasteiger partial charge in [0.1, 0.15) is 5.39 Å². The molecule has 0 spiro atoms. The molecule has 0 amide bonds. The van der Waals surface area contributed by atoms with Gasteiger partial charge in [-0.1, -0.05) is 5.22 Å². The molecule has 2 aromatic rings. The Kier molecular flexibility index (Phi) is 2.89. The van der Waals surface area contributed by atoms with Crippen LogP contribution in [0.25, 0.3) is 10.9 Å².